The van der Waals surface area contributed by atoms with Crippen molar-refractivity contribution in [3.8, 4) is 55.8 Å². The van der Waals surface area contributed by atoms with Gasteiger partial charge in [-0.3, -0.25) is 4.98 Å². The van der Waals surface area contributed by atoms with Crippen LogP contribution in [0.2, 0.25) is 0 Å². The summed E-state index contributed by atoms with van der Waals surface area (Å²) in [6, 6.07) is 76.3. The third-order valence-corrected chi connectivity index (χ3v) is 12.6. The molecular formula is C57H38N4. The van der Waals surface area contributed by atoms with Gasteiger partial charge in [0.2, 0.25) is 0 Å². The van der Waals surface area contributed by atoms with Gasteiger partial charge in [0.25, 0.3) is 0 Å². The van der Waals surface area contributed by atoms with Crippen molar-refractivity contribution >= 4 is 11.7 Å². The first-order chi connectivity index (χ1) is 30.2. The lowest BCUT2D eigenvalue weighted by atomic mass is 9.70. The fraction of sp³-hybridized carbons (Fsp3) is 0.0351. The minimum atomic E-state index is -0.446. The standard InChI is InChI=1S/C57H38N4/c1-3-17-37(18-4-1)54-59-55(38-19-5-2-6-20-38)61-56(60-54)42-34-40(33-41(35-42)43-21-7-8-25-48(43)53-29-15-16-32-58-53)39-30-31-47-46-24-11-14-28-51(46)57(52(47)36-39)49-26-12-9-22-44(49)45-23-10-13-27-50(45)57/h1-36,54H,(H,59,60,61). The first-order valence-corrected chi connectivity index (χ1v) is 20.9. The summed E-state index contributed by atoms with van der Waals surface area (Å²) in [6.07, 6.45) is 1.54. The summed E-state index contributed by atoms with van der Waals surface area (Å²) in [5, 5.41) is 3.64. The van der Waals surface area contributed by atoms with E-state index in [1.54, 1.807) is 0 Å². The number of benzene rings is 8. The lowest BCUT2D eigenvalue weighted by molar-refractivity contribution is 0.674. The number of aromatic nitrogens is 1. The van der Waals surface area contributed by atoms with Crippen LogP contribution in [0.1, 0.15) is 45.1 Å². The smallest absolute Gasteiger partial charge is 0.159 e. The van der Waals surface area contributed by atoms with E-state index < -0.39 is 5.41 Å². The Hall–Kier alpha value is -7.95. The topological polar surface area (TPSA) is 49.6 Å². The zero-order valence-corrected chi connectivity index (χ0v) is 33.2. The predicted octanol–water partition coefficient (Wildman–Crippen LogP) is 12.9. The molecule has 1 N–H and O–H groups in total. The Balaban J connectivity index is 1.10. The number of amidine groups is 2. The van der Waals surface area contributed by atoms with Crippen molar-refractivity contribution in [1.82, 2.24) is 10.3 Å². The minimum absolute atomic E-state index is 0.322. The van der Waals surface area contributed by atoms with E-state index in [1.807, 2.05) is 30.5 Å². The number of fused-ring (bicyclic) bond motifs is 10. The summed E-state index contributed by atoms with van der Waals surface area (Å²) in [5.41, 5.74) is 19.4. The van der Waals surface area contributed by atoms with Gasteiger partial charge < -0.3 is 5.32 Å². The Labute approximate surface area is 355 Å². The molecule has 61 heavy (non-hydrogen) atoms. The van der Waals surface area contributed by atoms with Crippen LogP contribution < -0.4 is 5.32 Å². The molecule has 12 rings (SSSR count). The molecule has 0 saturated carbocycles. The lowest BCUT2D eigenvalue weighted by Gasteiger charge is -2.30. The molecule has 8 aromatic carbocycles. The average molecular weight is 779 g/mol. The number of nitrogens with one attached hydrogen (secondary N) is 1. The molecule has 0 saturated heterocycles. The summed E-state index contributed by atoms with van der Waals surface area (Å²) < 4.78 is 0. The zero-order chi connectivity index (χ0) is 40.3. The molecule has 1 atom stereocenters. The molecule has 1 aliphatic heterocycles. The van der Waals surface area contributed by atoms with E-state index in [1.165, 1.54) is 44.5 Å². The first-order valence-electron chi connectivity index (χ1n) is 20.9. The van der Waals surface area contributed by atoms with E-state index in [2.05, 4.69) is 193 Å². The third kappa shape index (κ3) is 5.57. The van der Waals surface area contributed by atoms with Gasteiger partial charge in [-0.15, -0.1) is 0 Å². The van der Waals surface area contributed by atoms with Gasteiger partial charge in [0.05, 0.1) is 11.1 Å². The van der Waals surface area contributed by atoms with Crippen LogP contribution in [0.5, 0.6) is 0 Å². The van der Waals surface area contributed by atoms with E-state index in [4.69, 9.17) is 15.0 Å². The Bertz CT molecular complexity index is 3160. The van der Waals surface area contributed by atoms with Crippen LogP contribution in [0.15, 0.2) is 229 Å². The van der Waals surface area contributed by atoms with Crippen LogP contribution in [-0.2, 0) is 5.41 Å². The van der Waals surface area contributed by atoms with Gasteiger partial charge in [-0.05, 0) is 109 Å². The largest absolute Gasteiger partial charge is 0.344 e. The number of pyridine rings is 1. The van der Waals surface area contributed by atoms with Gasteiger partial charge in [-0.1, -0.05) is 176 Å². The maximum Gasteiger partial charge on any atom is 0.159 e. The van der Waals surface area contributed by atoms with Gasteiger partial charge in [-0.25, -0.2) is 9.98 Å². The Morgan fingerprint density at radius 2 is 0.918 bits per heavy atom. The number of hydrogen-bond acceptors (Lipinski definition) is 4. The molecule has 9 aromatic rings. The Kier molecular flexibility index (Phi) is 8.10. The molecule has 2 aliphatic carbocycles. The van der Waals surface area contributed by atoms with Crippen LogP contribution in [0.25, 0.3) is 55.8 Å². The summed E-state index contributed by atoms with van der Waals surface area (Å²) >= 11 is 0. The Morgan fingerprint density at radius 3 is 1.57 bits per heavy atom. The van der Waals surface area contributed by atoms with Crippen molar-refractivity contribution in [2.45, 2.75) is 11.6 Å². The molecule has 0 bridgehead atoms. The van der Waals surface area contributed by atoms with Crippen molar-refractivity contribution in [3.63, 3.8) is 0 Å². The molecular weight excluding hydrogens is 741 g/mol. The number of nitrogens with zero attached hydrogens (tertiary/aromatic N) is 3. The molecule has 1 unspecified atom stereocenters. The Morgan fingerprint density at radius 1 is 0.377 bits per heavy atom. The highest BCUT2D eigenvalue weighted by Crippen LogP contribution is 2.63. The normalized spacial score (nSPS) is 15.2. The highest BCUT2D eigenvalue weighted by molar-refractivity contribution is 6.14. The predicted molar refractivity (Wildman–Crippen MR) is 249 cm³/mol. The second-order valence-corrected chi connectivity index (χ2v) is 15.9. The van der Waals surface area contributed by atoms with Crippen LogP contribution in [-0.4, -0.2) is 16.7 Å². The van der Waals surface area contributed by atoms with Crippen molar-refractivity contribution < 1.29 is 0 Å². The highest BCUT2D eigenvalue weighted by atomic mass is 15.2. The maximum absolute atomic E-state index is 5.35. The first kappa shape index (κ1) is 35.0. The SMILES string of the molecule is c1ccc(C2=NC(c3cc(-c4ccc5c(c4)C4(c6ccccc6-c6ccccc64)c4ccccc4-5)cc(-c4ccccc4-c4ccccn4)c3)=NC(c3ccccc3)N2)cc1. The van der Waals surface area contributed by atoms with E-state index >= 15 is 0 Å². The van der Waals surface area contributed by atoms with E-state index in [-0.39, 0.29) is 6.17 Å². The fourth-order valence-electron chi connectivity index (χ4n) is 9.96. The highest BCUT2D eigenvalue weighted by Gasteiger charge is 2.51. The summed E-state index contributed by atoms with van der Waals surface area (Å²) in [7, 11) is 0. The molecule has 4 heteroatoms. The van der Waals surface area contributed by atoms with Gasteiger partial charge in [0.1, 0.15) is 12.0 Å². The van der Waals surface area contributed by atoms with E-state index in [9.17, 15) is 0 Å². The quantitative estimate of drug-likeness (QED) is 0.183. The molecule has 1 aromatic heterocycles. The van der Waals surface area contributed by atoms with Gasteiger partial charge in [0, 0.05) is 22.9 Å². The molecule has 1 spiro atoms. The maximum atomic E-state index is 5.35. The second kappa shape index (κ2) is 14.1. The summed E-state index contributed by atoms with van der Waals surface area (Å²) in [6.45, 7) is 0. The monoisotopic (exact) mass is 778 g/mol. The van der Waals surface area contributed by atoms with Crippen molar-refractivity contribution in [2.24, 2.45) is 9.98 Å². The fourth-order valence-corrected chi connectivity index (χ4v) is 9.96. The van der Waals surface area contributed by atoms with E-state index in [0.717, 1.165) is 56.0 Å². The van der Waals surface area contributed by atoms with Crippen LogP contribution in [0.3, 0.4) is 0 Å². The van der Waals surface area contributed by atoms with Crippen molar-refractivity contribution in [2.75, 3.05) is 0 Å². The van der Waals surface area contributed by atoms with Gasteiger partial charge in [-0.2, -0.15) is 0 Å². The third-order valence-electron chi connectivity index (χ3n) is 12.6. The average Bonchev–Trinajstić information content (AvgIpc) is 3.82. The van der Waals surface area contributed by atoms with Crippen LogP contribution >= 0.6 is 0 Å². The summed E-state index contributed by atoms with van der Waals surface area (Å²) in [4.78, 5) is 15.4. The molecule has 0 fully saturated rings. The molecule has 2 heterocycles. The minimum Gasteiger partial charge on any atom is -0.344 e. The van der Waals surface area contributed by atoms with Gasteiger partial charge >= 0.3 is 0 Å². The molecule has 0 amide bonds. The molecule has 286 valence electrons. The second-order valence-electron chi connectivity index (χ2n) is 15.9. The summed E-state index contributed by atoms with van der Waals surface area (Å²) in [5.74, 6) is 1.46. The van der Waals surface area contributed by atoms with Crippen LogP contribution in [0.4, 0.5) is 0 Å². The lowest BCUT2D eigenvalue weighted by Crippen LogP contribution is -2.33. The van der Waals surface area contributed by atoms with Crippen molar-refractivity contribution in [3.05, 3.63) is 257 Å². The molecule has 3 aliphatic rings. The number of rotatable bonds is 6. The van der Waals surface area contributed by atoms with Gasteiger partial charge in [0.15, 0.2) is 5.84 Å². The number of aliphatic imine (C=N–C) groups is 2. The van der Waals surface area contributed by atoms with Crippen LogP contribution in [0, 0.1) is 0 Å². The van der Waals surface area contributed by atoms with Crippen molar-refractivity contribution in [1.29, 1.82) is 0 Å². The molecule has 4 nitrogen and oxygen atoms in total. The number of hydrogen-bond donors (Lipinski definition) is 1. The zero-order valence-electron chi connectivity index (χ0n) is 33.2. The molecule has 0 radical (unpaired) electrons. The van der Waals surface area contributed by atoms with E-state index in [0.29, 0.717) is 5.84 Å².